The molecule has 3 heteroatoms. The average molecular weight is 262 g/mol. The molecule has 1 unspecified atom stereocenters. The maximum atomic E-state index is 10.7. The molecule has 0 aromatic heterocycles. The summed E-state index contributed by atoms with van der Waals surface area (Å²) < 4.78 is 0. The summed E-state index contributed by atoms with van der Waals surface area (Å²) in [5.74, 6) is 0.899. The highest BCUT2D eigenvalue weighted by Crippen LogP contribution is 2.15. The molecular formula is C16H26N2O. The van der Waals surface area contributed by atoms with Crippen LogP contribution in [0.1, 0.15) is 37.8 Å². The number of carbonyl (C=O) groups excluding carboxylic acids is 1. The molecular weight excluding hydrogens is 236 g/mol. The van der Waals surface area contributed by atoms with E-state index in [4.69, 9.17) is 0 Å². The van der Waals surface area contributed by atoms with Gasteiger partial charge in [0.25, 0.3) is 0 Å². The molecule has 0 spiro atoms. The van der Waals surface area contributed by atoms with Gasteiger partial charge in [0.15, 0.2) is 0 Å². The highest BCUT2D eigenvalue weighted by Gasteiger charge is 2.04. The average Bonchev–Trinajstić information content (AvgIpc) is 2.34. The Labute approximate surface area is 116 Å². The second-order valence-electron chi connectivity index (χ2n) is 5.45. The topological polar surface area (TPSA) is 41.1 Å². The van der Waals surface area contributed by atoms with Crippen molar-refractivity contribution in [2.75, 3.05) is 18.4 Å². The zero-order valence-corrected chi connectivity index (χ0v) is 12.5. The van der Waals surface area contributed by atoms with Gasteiger partial charge in [0, 0.05) is 12.6 Å². The number of hydrogen-bond acceptors (Lipinski definition) is 2. The first kappa shape index (κ1) is 15.7. The Hall–Kier alpha value is -1.35. The van der Waals surface area contributed by atoms with E-state index < -0.39 is 0 Å². The fourth-order valence-electron chi connectivity index (χ4n) is 2.17. The second kappa shape index (κ2) is 7.95. The van der Waals surface area contributed by atoms with E-state index in [1.54, 1.807) is 0 Å². The summed E-state index contributed by atoms with van der Waals surface area (Å²) in [4.78, 5) is 10.7. The Morgan fingerprint density at radius 2 is 2.11 bits per heavy atom. The van der Waals surface area contributed by atoms with E-state index in [1.165, 1.54) is 38.4 Å². The molecule has 1 amide bonds. The van der Waals surface area contributed by atoms with Gasteiger partial charge in [-0.2, -0.15) is 0 Å². The fraction of sp³-hybridized carbons (Fsp3) is 0.562. The fourth-order valence-corrected chi connectivity index (χ4v) is 2.17. The van der Waals surface area contributed by atoms with Crippen LogP contribution in [-0.4, -0.2) is 19.0 Å². The van der Waals surface area contributed by atoms with Crippen molar-refractivity contribution < 1.29 is 4.79 Å². The largest absolute Gasteiger partial charge is 0.326 e. The van der Waals surface area contributed by atoms with Gasteiger partial charge < -0.3 is 10.6 Å². The van der Waals surface area contributed by atoms with E-state index >= 15 is 0 Å². The van der Waals surface area contributed by atoms with Gasteiger partial charge in [0.2, 0.25) is 5.91 Å². The molecule has 2 rings (SSSR count). The maximum Gasteiger partial charge on any atom is 0.221 e. The van der Waals surface area contributed by atoms with Gasteiger partial charge in [-0.1, -0.05) is 24.6 Å². The number of piperidine rings is 1. The van der Waals surface area contributed by atoms with E-state index in [1.807, 2.05) is 32.0 Å². The molecule has 1 heterocycles. The third-order valence-electron chi connectivity index (χ3n) is 3.24. The molecule has 0 bridgehead atoms. The highest BCUT2D eigenvalue weighted by atomic mass is 16.1. The number of benzene rings is 1. The third-order valence-corrected chi connectivity index (χ3v) is 3.24. The third kappa shape index (κ3) is 6.39. The minimum absolute atomic E-state index is 0.0260. The van der Waals surface area contributed by atoms with Crippen molar-refractivity contribution in [3.05, 3.63) is 29.3 Å². The number of anilines is 1. The molecule has 0 radical (unpaired) electrons. The normalized spacial score (nSPS) is 18.2. The number of amides is 1. The zero-order chi connectivity index (χ0) is 14.3. The minimum atomic E-state index is -0.0260. The van der Waals surface area contributed by atoms with Gasteiger partial charge in [-0.25, -0.2) is 0 Å². The van der Waals surface area contributed by atoms with Crippen LogP contribution in [0, 0.1) is 19.8 Å². The van der Waals surface area contributed by atoms with Crippen LogP contribution in [0.2, 0.25) is 0 Å². The van der Waals surface area contributed by atoms with Crippen LogP contribution < -0.4 is 10.6 Å². The van der Waals surface area contributed by atoms with Gasteiger partial charge >= 0.3 is 0 Å². The molecule has 106 valence electrons. The van der Waals surface area contributed by atoms with Crippen LogP contribution >= 0.6 is 0 Å². The van der Waals surface area contributed by atoms with Crippen LogP contribution in [0.3, 0.4) is 0 Å². The molecule has 19 heavy (non-hydrogen) atoms. The SMILES string of the molecule is CC(=O)Nc1ccc(C)cc1C.CC1CCCNC1. The zero-order valence-electron chi connectivity index (χ0n) is 12.5. The molecule has 1 aliphatic rings. The quantitative estimate of drug-likeness (QED) is 0.815. The molecule has 3 nitrogen and oxygen atoms in total. The van der Waals surface area contributed by atoms with E-state index in [0.29, 0.717) is 0 Å². The molecule has 1 atom stereocenters. The standard InChI is InChI=1S/C10H13NO.C6H13N/c1-7-4-5-10(8(2)6-7)11-9(3)12;1-6-3-2-4-7-5-6/h4-6H,1-3H3,(H,11,12);6-7H,2-5H2,1H3. The summed E-state index contributed by atoms with van der Waals surface area (Å²) in [6, 6.07) is 5.95. The number of aryl methyl sites for hydroxylation is 2. The van der Waals surface area contributed by atoms with Crippen LogP contribution in [-0.2, 0) is 4.79 Å². The van der Waals surface area contributed by atoms with E-state index in [0.717, 1.165) is 17.2 Å². The van der Waals surface area contributed by atoms with Gasteiger partial charge in [0.1, 0.15) is 0 Å². The summed E-state index contributed by atoms with van der Waals surface area (Å²) in [6.07, 6.45) is 2.80. The van der Waals surface area contributed by atoms with Gasteiger partial charge in [0.05, 0.1) is 0 Å². The molecule has 1 aromatic carbocycles. The first-order valence-corrected chi connectivity index (χ1v) is 7.04. The van der Waals surface area contributed by atoms with E-state index in [2.05, 4.69) is 17.6 Å². The predicted molar refractivity (Wildman–Crippen MR) is 81.5 cm³/mol. The first-order chi connectivity index (χ1) is 8.99. The number of nitrogens with one attached hydrogen (secondary N) is 2. The summed E-state index contributed by atoms with van der Waals surface area (Å²) in [7, 11) is 0. The molecule has 1 aromatic rings. The van der Waals surface area contributed by atoms with Crippen molar-refractivity contribution in [3.63, 3.8) is 0 Å². The predicted octanol–water partition coefficient (Wildman–Crippen LogP) is 3.27. The summed E-state index contributed by atoms with van der Waals surface area (Å²) >= 11 is 0. The lowest BCUT2D eigenvalue weighted by Gasteiger charge is -2.17. The number of rotatable bonds is 1. The van der Waals surface area contributed by atoms with E-state index in [-0.39, 0.29) is 5.91 Å². The molecule has 2 N–H and O–H groups in total. The lowest BCUT2D eigenvalue weighted by molar-refractivity contribution is -0.114. The number of hydrogen-bond donors (Lipinski definition) is 2. The Morgan fingerprint density at radius 3 is 2.53 bits per heavy atom. The van der Waals surface area contributed by atoms with Crippen molar-refractivity contribution >= 4 is 11.6 Å². The Morgan fingerprint density at radius 1 is 1.37 bits per heavy atom. The molecule has 1 fully saturated rings. The summed E-state index contributed by atoms with van der Waals surface area (Å²) in [5.41, 5.74) is 3.21. The molecule has 0 saturated carbocycles. The Balaban J connectivity index is 0.000000218. The first-order valence-electron chi connectivity index (χ1n) is 7.04. The number of carbonyl (C=O) groups is 1. The van der Waals surface area contributed by atoms with Crippen molar-refractivity contribution in [3.8, 4) is 0 Å². The van der Waals surface area contributed by atoms with Gasteiger partial charge in [-0.3, -0.25) is 4.79 Å². The van der Waals surface area contributed by atoms with Crippen molar-refractivity contribution in [2.24, 2.45) is 5.92 Å². The minimum Gasteiger partial charge on any atom is -0.326 e. The van der Waals surface area contributed by atoms with Crippen molar-refractivity contribution in [1.29, 1.82) is 0 Å². The lowest BCUT2D eigenvalue weighted by Crippen LogP contribution is -2.27. The van der Waals surface area contributed by atoms with Crippen LogP contribution in [0.15, 0.2) is 18.2 Å². The van der Waals surface area contributed by atoms with Crippen LogP contribution in [0.25, 0.3) is 0 Å². The van der Waals surface area contributed by atoms with Crippen LogP contribution in [0.5, 0.6) is 0 Å². The second-order valence-corrected chi connectivity index (χ2v) is 5.45. The van der Waals surface area contributed by atoms with Crippen molar-refractivity contribution in [1.82, 2.24) is 5.32 Å². The van der Waals surface area contributed by atoms with Gasteiger partial charge in [-0.05, 0) is 57.3 Å². The monoisotopic (exact) mass is 262 g/mol. The van der Waals surface area contributed by atoms with Gasteiger partial charge in [-0.15, -0.1) is 0 Å². The summed E-state index contributed by atoms with van der Waals surface area (Å²) in [5, 5.41) is 6.10. The maximum absolute atomic E-state index is 10.7. The molecule has 1 aliphatic heterocycles. The van der Waals surface area contributed by atoms with E-state index in [9.17, 15) is 4.79 Å². The van der Waals surface area contributed by atoms with Crippen LogP contribution in [0.4, 0.5) is 5.69 Å². The smallest absolute Gasteiger partial charge is 0.221 e. The lowest BCUT2D eigenvalue weighted by atomic mass is 10.0. The summed E-state index contributed by atoms with van der Waals surface area (Å²) in [6.45, 7) is 10.3. The molecule has 1 saturated heterocycles. The van der Waals surface area contributed by atoms with Crippen molar-refractivity contribution in [2.45, 2.75) is 40.5 Å². The molecule has 0 aliphatic carbocycles. The Bertz CT molecular complexity index is 409. The Kier molecular flexibility index (Phi) is 6.57. The highest BCUT2D eigenvalue weighted by molar-refractivity contribution is 5.89.